The van der Waals surface area contributed by atoms with Crippen molar-refractivity contribution >= 4 is 11.7 Å². The van der Waals surface area contributed by atoms with E-state index in [4.69, 9.17) is 5.73 Å². The molecule has 0 spiro atoms. The fraction of sp³-hybridized carbons (Fsp3) is 0.500. The third kappa shape index (κ3) is 4.75. The molecule has 1 saturated carbocycles. The minimum atomic E-state index is -0.535. The summed E-state index contributed by atoms with van der Waals surface area (Å²) in [4.78, 5) is 19.3. The van der Waals surface area contributed by atoms with Gasteiger partial charge in [-0.1, -0.05) is 5.10 Å². The predicted molar refractivity (Wildman–Crippen MR) is 51.8 cm³/mol. The number of carbonyl (C=O) groups excluding carboxylic acids is 1. The molecule has 1 amide bonds. The van der Waals surface area contributed by atoms with Crippen molar-refractivity contribution < 1.29 is 9.72 Å². The minimum absolute atomic E-state index is 0.0787. The van der Waals surface area contributed by atoms with Crippen LogP contribution in [0.15, 0.2) is 12.3 Å². The van der Waals surface area contributed by atoms with Gasteiger partial charge < -0.3 is 15.8 Å². The lowest BCUT2D eigenvalue weighted by Gasteiger charge is -1.84. The van der Waals surface area contributed by atoms with Crippen molar-refractivity contribution in [3.63, 3.8) is 0 Å². The van der Waals surface area contributed by atoms with Gasteiger partial charge in [0.15, 0.2) is 0 Å². The first kappa shape index (κ1) is 11.2. The molecule has 15 heavy (non-hydrogen) atoms. The van der Waals surface area contributed by atoms with Crippen LogP contribution in [0.25, 0.3) is 0 Å². The Balaban J connectivity index is 0.000000151. The van der Waals surface area contributed by atoms with E-state index in [9.17, 15) is 14.9 Å². The topological polar surface area (TPSA) is 115 Å². The number of carbonyl (C=O) groups is 1. The van der Waals surface area contributed by atoms with Gasteiger partial charge in [0, 0.05) is 6.42 Å². The molecule has 0 atom stereocenters. The summed E-state index contributed by atoms with van der Waals surface area (Å²) < 4.78 is 0. The van der Waals surface area contributed by atoms with Gasteiger partial charge in [0.2, 0.25) is 5.91 Å². The van der Waals surface area contributed by atoms with Gasteiger partial charge in [0.25, 0.3) is 0 Å². The second-order valence-corrected chi connectivity index (χ2v) is 3.31. The Bertz CT molecular complexity index is 332. The number of nitro groups is 1. The molecule has 0 unspecified atom stereocenters. The van der Waals surface area contributed by atoms with Gasteiger partial charge in [-0.05, 0) is 23.7 Å². The summed E-state index contributed by atoms with van der Waals surface area (Å²) in [6.45, 7) is 0. The lowest BCUT2D eigenvalue weighted by atomic mass is 10.3. The number of nitrogens with zero attached hydrogens (tertiary/aromatic N) is 2. The molecule has 1 fully saturated rings. The van der Waals surface area contributed by atoms with Crippen LogP contribution in [0, 0.1) is 16.0 Å². The van der Waals surface area contributed by atoms with Crippen LogP contribution in [-0.2, 0) is 4.79 Å². The molecule has 7 nitrogen and oxygen atoms in total. The second kappa shape index (κ2) is 5.08. The fourth-order valence-corrected chi connectivity index (χ4v) is 0.957. The van der Waals surface area contributed by atoms with Gasteiger partial charge in [-0.2, -0.15) is 0 Å². The van der Waals surface area contributed by atoms with E-state index in [1.807, 2.05) is 0 Å². The zero-order chi connectivity index (χ0) is 11.3. The molecule has 0 aliphatic heterocycles. The summed E-state index contributed by atoms with van der Waals surface area (Å²) in [6.07, 6.45) is 4.37. The van der Waals surface area contributed by atoms with E-state index in [0.29, 0.717) is 12.3 Å². The first-order valence-electron chi connectivity index (χ1n) is 4.51. The van der Waals surface area contributed by atoms with Crippen LogP contribution in [0.3, 0.4) is 0 Å². The molecule has 0 radical (unpaired) electrons. The normalized spacial score (nSPS) is 13.9. The Morgan fingerprint density at radius 2 is 2.40 bits per heavy atom. The summed E-state index contributed by atoms with van der Waals surface area (Å²) in [5.41, 5.74) is 4.89. The highest BCUT2D eigenvalue weighted by atomic mass is 16.6. The number of aromatic amines is 1. The largest absolute Gasteiger partial charge is 0.370 e. The van der Waals surface area contributed by atoms with Crippen LogP contribution < -0.4 is 5.73 Å². The summed E-state index contributed by atoms with van der Waals surface area (Å²) in [5.74, 6) is 0.421. The number of hydrogen-bond donors (Lipinski definition) is 2. The third-order valence-electron chi connectivity index (χ3n) is 1.87. The van der Waals surface area contributed by atoms with E-state index in [2.05, 4.69) is 10.2 Å². The van der Waals surface area contributed by atoms with Gasteiger partial charge in [0.1, 0.15) is 0 Å². The van der Waals surface area contributed by atoms with Gasteiger partial charge in [-0.3, -0.25) is 4.79 Å². The fourth-order valence-electron chi connectivity index (χ4n) is 0.957. The smallest absolute Gasteiger partial charge is 0.342 e. The van der Waals surface area contributed by atoms with Crippen molar-refractivity contribution in [1.29, 1.82) is 0 Å². The SMILES string of the molecule is NC(=O)CC1CC1.O=[N+]([O-])c1ccn[nH]1. The predicted octanol–water partition coefficient (Wildman–Crippen LogP) is 0.590. The van der Waals surface area contributed by atoms with E-state index in [-0.39, 0.29) is 11.7 Å². The average Bonchev–Trinajstić information content (AvgIpc) is 2.80. The molecule has 3 N–H and O–H groups in total. The zero-order valence-electron chi connectivity index (χ0n) is 8.05. The summed E-state index contributed by atoms with van der Waals surface area (Å²) in [7, 11) is 0. The number of H-pyrrole nitrogens is 1. The van der Waals surface area contributed by atoms with Gasteiger partial charge >= 0.3 is 5.82 Å². The maximum atomic E-state index is 10.1. The standard InChI is InChI=1S/C5H9NO.C3H3N3O2/c6-5(7)3-4-1-2-4;7-6(8)3-1-2-4-5-3/h4H,1-3H2,(H2,6,7);1-2H,(H,4,5). The van der Waals surface area contributed by atoms with Crippen molar-refractivity contribution in [2.24, 2.45) is 11.7 Å². The Labute approximate surface area is 85.8 Å². The van der Waals surface area contributed by atoms with E-state index >= 15 is 0 Å². The molecule has 0 aromatic carbocycles. The molecule has 2 rings (SSSR count). The van der Waals surface area contributed by atoms with Crippen LogP contribution >= 0.6 is 0 Å². The van der Waals surface area contributed by atoms with Crippen LogP contribution in [0.4, 0.5) is 5.82 Å². The molecule has 0 saturated heterocycles. The van der Waals surface area contributed by atoms with Crippen molar-refractivity contribution in [2.45, 2.75) is 19.3 Å². The number of amides is 1. The van der Waals surface area contributed by atoms with Crippen LogP contribution in [0.2, 0.25) is 0 Å². The zero-order valence-corrected chi connectivity index (χ0v) is 8.05. The number of nitrogens with one attached hydrogen (secondary N) is 1. The monoisotopic (exact) mass is 212 g/mol. The van der Waals surface area contributed by atoms with Crippen LogP contribution in [0.1, 0.15) is 19.3 Å². The Morgan fingerprint density at radius 1 is 1.73 bits per heavy atom. The van der Waals surface area contributed by atoms with E-state index in [1.54, 1.807) is 0 Å². The van der Waals surface area contributed by atoms with E-state index in [1.165, 1.54) is 25.1 Å². The molecule has 7 heteroatoms. The Morgan fingerprint density at radius 3 is 2.60 bits per heavy atom. The van der Waals surface area contributed by atoms with Crippen molar-refractivity contribution in [2.75, 3.05) is 0 Å². The maximum Gasteiger partial charge on any atom is 0.342 e. The number of primary amides is 1. The van der Waals surface area contributed by atoms with Gasteiger partial charge in [-0.15, -0.1) is 5.10 Å². The molecule has 1 aromatic rings. The second-order valence-electron chi connectivity index (χ2n) is 3.31. The van der Waals surface area contributed by atoms with Gasteiger partial charge in [-0.25, -0.2) is 0 Å². The molecule has 1 aliphatic carbocycles. The number of rotatable bonds is 3. The molecular formula is C8H12N4O3. The van der Waals surface area contributed by atoms with Crippen molar-refractivity contribution in [3.05, 3.63) is 22.4 Å². The van der Waals surface area contributed by atoms with E-state index < -0.39 is 4.92 Å². The maximum absolute atomic E-state index is 10.1. The van der Waals surface area contributed by atoms with Crippen molar-refractivity contribution in [1.82, 2.24) is 10.2 Å². The van der Waals surface area contributed by atoms with Crippen LogP contribution in [-0.4, -0.2) is 21.0 Å². The number of nitrogens with two attached hydrogens (primary N) is 1. The highest BCUT2D eigenvalue weighted by Gasteiger charge is 2.22. The van der Waals surface area contributed by atoms with Gasteiger partial charge in [0.05, 0.1) is 12.3 Å². The Hall–Kier alpha value is -1.92. The summed E-state index contributed by atoms with van der Waals surface area (Å²) >= 11 is 0. The highest BCUT2D eigenvalue weighted by molar-refractivity contribution is 5.74. The Kier molecular flexibility index (Phi) is 3.78. The number of hydrogen-bond acceptors (Lipinski definition) is 4. The first-order chi connectivity index (χ1) is 7.09. The lowest BCUT2D eigenvalue weighted by Crippen LogP contribution is -2.10. The van der Waals surface area contributed by atoms with Crippen molar-refractivity contribution in [3.8, 4) is 0 Å². The molecule has 82 valence electrons. The third-order valence-corrected chi connectivity index (χ3v) is 1.87. The summed E-state index contributed by atoms with van der Waals surface area (Å²) in [6, 6.07) is 1.29. The molecular weight excluding hydrogens is 200 g/mol. The highest BCUT2D eigenvalue weighted by Crippen LogP contribution is 2.31. The molecule has 1 heterocycles. The van der Waals surface area contributed by atoms with E-state index in [0.717, 1.165) is 0 Å². The number of aromatic nitrogens is 2. The van der Waals surface area contributed by atoms with Crippen LogP contribution in [0.5, 0.6) is 0 Å². The molecule has 1 aliphatic rings. The average molecular weight is 212 g/mol. The summed E-state index contributed by atoms with van der Waals surface area (Å²) in [5, 5.41) is 15.4. The lowest BCUT2D eigenvalue weighted by molar-refractivity contribution is -0.389. The quantitative estimate of drug-likeness (QED) is 0.563. The minimum Gasteiger partial charge on any atom is -0.370 e. The molecule has 0 bridgehead atoms. The first-order valence-corrected chi connectivity index (χ1v) is 4.51. The molecule has 1 aromatic heterocycles.